The van der Waals surface area contributed by atoms with Crippen molar-refractivity contribution in [2.24, 2.45) is 0 Å². The van der Waals surface area contributed by atoms with Gasteiger partial charge in [-0.15, -0.1) is 0 Å². The fourth-order valence-corrected chi connectivity index (χ4v) is 1.75. The second-order valence-corrected chi connectivity index (χ2v) is 5.18. The molecule has 1 atom stereocenters. The van der Waals surface area contributed by atoms with Crippen molar-refractivity contribution in [3.8, 4) is 0 Å². The molecule has 1 amide bonds. The smallest absolute Gasteiger partial charge is 0.242 e. The summed E-state index contributed by atoms with van der Waals surface area (Å²) >= 11 is 3.34. The van der Waals surface area contributed by atoms with Crippen molar-refractivity contribution in [1.29, 1.82) is 0 Å². The Bertz CT molecular complexity index is 407. The molecule has 1 unspecified atom stereocenters. The Morgan fingerprint density at radius 1 is 1.35 bits per heavy atom. The van der Waals surface area contributed by atoms with Gasteiger partial charge in [0, 0.05) is 10.5 Å². The maximum Gasteiger partial charge on any atom is 0.242 e. The van der Waals surface area contributed by atoms with Crippen LogP contribution in [0.2, 0.25) is 0 Å². The first-order valence-corrected chi connectivity index (χ1v) is 6.31. The number of rotatable bonds is 4. The number of benzene rings is 1. The Morgan fingerprint density at radius 3 is 2.53 bits per heavy atom. The van der Waals surface area contributed by atoms with E-state index in [0.29, 0.717) is 5.69 Å². The van der Waals surface area contributed by atoms with Crippen molar-refractivity contribution in [1.82, 2.24) is 5.32 Å². The van der Waals surface area contributed by atoms with Crippen LogP contribution >= 0.6 is 15.9 Å². The highest BCUT2D eigenvalue weighted by Gasteiger charge is 2.14. The van der Waals surface area contributed by atoms with Gasteiger partial charge >= 0.3 is 0 Å². The molecule has 1 aromatic rings. The predicted molar refractivity (Wildman–Crippen MR) is 74.9 cm³/mol. The van der Waals surface area contributed by atoms with Crippen LogP contribution in [-0.2, 0) is 4.79 Å². The summed E-state index contributed by atoms with van der Waals surface area (Å²) in [6, 6.07) is 5.34. The maximum atomic E-state index is 11.7. The topological polar surface area (TPSA) is 67.2 Å². The van der Waals surface area contributed by atoms with E-state index < -0.39 is 0 Å². The van der Waals surface area contributed by atoms with Gasteiger partial charge in [-0.2, -0.15) is 0 Å². The van der Waals surface area contributed by atoms with Crippen LogP contribution in [0.5, 0.6) is 0 Å². The number of carbonyl (C=O) groups excluding carboxylic acids is 1. The molecule has 0 radical (unpaired) electrons. The molecule has 0 aliphatic heterocycles. The van der Waals surface area contributed by atoms with Crippen molar-refractivity contribution in [2.45, 2.75) is 32.9 Å². The summed E-state index contributed by atoms with van der Waals surface area (Å²) in [5.74, 6) is -0.0395. The molecule has 0 saturated heterocycles. The molecule has 0 aromatic heterocycles. The molecule has 1 aromatic carbocycles. The Kier molecular flexibility index (Phi) is 4.81. The highest BCUT2D eigenvalue weighted by molar-refractivity contribution is 9.10. The molecular weight excluding hydrogens is 282 g/mol. The lowest BCUT2D eigenvalue weighted by molar-refractivity contribution is -0.122. The van der Waals surface area contributed by atoms with Gasteiger partial charge in [0.15, 0.2) is 0 Å². The normalized spacial score (nSPS) is 12.3. The molecule has 0 heterocycles. The number of nitrogens with two attached hydrogens (primary N) is 1. The summed E-state index contributed by atoms with van der Waals surface area (Å²) in [5, 5.41) is 5.93. The van der Waals surface area contributed by atoms with E-state index in [0.717, 1.165) is 10.2 Å². The van der Waals surface area contributed by atoms with Crippen molar-refractivity contribution in [2.75, 3.05) is 11.1 Å². The van der Waals surface area contributed by atoms with Gasteiger partial charge in [0.25, 0.3) is 0 Å². The second kappa shape index (κ2) is 5.91. The van der Waals surface area contributed by atoms with Crippen LogP contribution < -0.4 is 16.4 Å². The first-order valence-electron chi connectivity index (χ1n) is 5.52. The van der Waals surface area contributed by atoms with Gasteiger partial charge in [-0.1, -0.05) is 15.9 Å². The van der Waals surface area contributed by atoms with Gasteiger partial charge in [-0.3, -0.25) is 4.79 Å². The van der Waals surface area contributed by atoms with E-state index in [1.54, 1.807) is 13.0 Å². The fourth-order valence-electron chi connectivity index (χ4n) is 1.37. The Morgan fingerprint density at radius 2 is 2.00 bits per heavy atom. The van der Waals surface area contributed by atoms with Crippen LogP contribution in [0.4, 0.5) is 11.4 Å². The summed E-state index contributed by atoms with van der Waals surface area (Å²) in [7, 11) is 0. The number of hydrogen-bond acceptors (Lipinski definition) is 3. The second-order valence-electron chi connectivity index (χ2n) is 4.26. The lowest BCUT2D eigenvalue weighted by Gasteiger charge is -2.18. The quantitative estimate of drug-likeness (QED) is 0.748. The van der Waals surface area contributed by atoms with Gasteiger partial charge in [-0.25, -0.2) is 0 Å². The van der Waals surface area contributed by atoms with Crippen LogP contribution in [0.25, 0.3) is 0 Å². The fraction of sp³-hybridized carbons (Fsp3) is 0.417. The number of nitrogen functional groups attached to an aromatic ring is 1. The average molecular weight is 300 g/mol. The van der Waals surface area contributed by atoms with E-state index in [4.69, 9.17) is 5.73 Å². The molecule has 17 heavy (non-hydrogen) atoms. The third kappa shape index (κ3) is 4.26. The molecule has 4 N–H and O–H groups in total. The van der Waals surface area contributed by atoms with Crippen LogP contribution in [0, 0.1) is 0 Å². The number of carbonyl (C=O) groups is 1. The van der Waals surface area contributed by atoms with Crippen LogP contribution in [0.15, 0.2) is 22.7 Å². The minimum absolute atomic E-state index is 0.0395. The summed E-state index contributed by atoms with van der Waals surface area (Å²) in [6.45, 7) is 5.66. The van der Waals surface area contributed by atoms with Crippen molar-refractivity contribution in [3.63, 3.8) is 0 Å². The third-order valence-corrected chi connectivity index (χ3v) is 2.70. The molecule has 94 valence electrons. The van der Waals surface area contributed by atoms with E-state index in [-0.39, 0.29) is 18.0 Å². The van der Waals surface area contributed by atoms with Gasteiger partial charge in [0.05, 0.1) is 11.4 Å². The van der Waals surface area contributed by atoms with E-state index >= 15 is 0 Å². The van der Waals surface area contributed by atoms with Gasteiger partial charge in [-0.05, 0) is 39.0 Å². The van der Waals surface area contributed by atoms with Gasteiger partial charge < -0.3 is 16.4 Å². The minimum atomic E-state index is -0.319. The largest absolute Gasteiger partial charge is 0.397 e. The van der Waals surface area contributed by atoms with Gasteiger partial charge in [0.1, 0.15) is 6.04 Å². The van der Waals surface area contributed by atoms with E-state index in [1.165, 1.54) is 0 Å². The number of hydrogen-bond donors (Lipinski definition) is 3. The Labute approximate surface area is 110 Å². The first-order chi connectivity index (χ1) is 7.90. The van der Waals surface area contributed by atoms with Crippen LogP contribution in [0.3, 0.4) is 0 Å². The maximum absolute atomic E-state index is 11.7. The third-order valence-electron chi connectivity index (χ3n) is 2.21. The lowest BCUT2D eigenvalue weighted by atomic mass is 10.2. The summed E-state index contributed by atoms with van der Waals surface area (Å²) in [5.41, 5.74) is 7.22. The van der Waals surface area contributed by atoms with E-state index in [9.17, 15) is 4.79 Å². The summed E-state index contributed by atoms with van der Waals surface area (Å²) in [6.07, 6.45) is 0. The van der Waals surface area contributed by atoms with Crippen molar-refractivity contribution in [3.05, 3.63) is 22.7 Å². The molecule has 0 saturated carbocycles. The average Bonchev–Trinajstić information content (AvgIpc) is 2.21. The standard InChI is InChI=1S/C12H18BrN3O/c1-7(2)15-12(17)8(3)16-11-5-4-9(13)6-10(11)14/h4-8,16H,14H2,1-3H3,(H,15,17). The number of amides is 1. The molecule has 4 nitrogen and oxygen atoms in total. The zero-order valence-electron chi connectivity index (χ0n) is 10.3. The highest BCUT2D eigenvalue weighted by Crippen LogP contribution is 2.23. The van der Waals surface area contributed by atoms with E-state index in [2.05, 4.69) is 26.6 Å². The van der Waals surface area contributed by atoms with Crippen LogP contribution in [0.1, 0.15) is 20.8 Å². The monoisotopic (exact) mass is 299 g/mol. The molecule has 0 bridgehead atoms. The predicted octanol–water partition coefficient (Wildman–Crippen LogP) is 2.36. The number of halogens is 1. The summed E-state index contributed by atoms with van der Waals surface area (Å²) < 4.78 is 0.917. The Hall–Kier alpha value is -1.23. The molecule has 0 aliphatic rings. The molecule has 5 heteroatoms. The molecule has 0 aliphatic carbocycles. The zero-order chi connectivity index (χ0) is 13.0. The number of anilines is 2. The van der Waals surface area contributed by atoms with Crippen molar-refractivity contribution < 1.29 is 4.79 Å². The van der Waals surface area contributed by atoms with Gasteiger partial charge in [0.2, 0.25) is 5.91 Å². The minimum Gasteiger partial charge on any atom is -0.397 e. The molecular formula is C12H18BrN3O. The molecule has 1 rings (SSSR count). The zero-order valence-corrected chi connectivity index (χ0v) is 11.8. The summed E-state index contributed by atoms with van der Waals surface area (Å²) in [4.78, 5) is 11.7. The van der Waals surface area contributed by atoms with Crippen molar-refractivity contribution >= 4 is 33.2 Å². The number of nitrogens with one attached hydrogen (secondary N) is 2. The highest BCUT2D eigenvalue weighted by atomic mass is 79.9. The lowest BCUT2D eigenvalue weighted by Crippen LogP contribution is -2.41. The van der Waals surface area contributed by atoms with Crippen LogP contribution in [-0.4, -0.2) is 18.0 Å². The SMILES string of the molecule is CC(C)NC(=O)C(C)Nc1ccc(Br)cc1N. The van der Waals surface area contributed by atoms with E-state index in [1.807, 2.05) is 26.0 Å². The first kappa shape index (κ1) is 13.8. The molecule has 0 spiro atoms. The Balaban J connectivity index is 2.67. The molecule has 0 fully saturated rings.